The van der Waals surface area contributed by atoms with Crippen LogP contribution in [0.3, 0.4) is 0 Å². The smallest absolute Gasteiger partial charge is 0.0571 e. The molecule has 2 heteroatoms. The highest BCUT2D eigenvalue weighted by atomic mass is 35.5. The highest BCUT2D eigenvalue weighted by Crippen LogP contribution is 2.31. The molecule has 0 aliphatic carbocycles. The van der Waals surface area contributed by atoms with E-state index in [4.69, 9.17) is 11.6 Å². The molecule has 0 bridgehead atoms. The molecule has 0 aliphatic rings. The number of alkyl halides is 1. The molecule has 0 saturated heterocycles. The van der Waals surface area contributed by atoms with Crippen LogP contribution < -0.4 is 0 Å². The minimum Gasteiger partial charge on any atom is -0.143 e. The van der Waals surface area contributed by atoms with E-state index in [-0.39, 0.29) is 5.38 Å². The standard InChI is InChI=1S/C10H9ClS/c1-7(11)9-4-2-3-8-5-6-12-10(8)9/h2-7H,1H3. The van der Waals surface area contributed by atoms with Crippen molar-refractivity contribution in [3.8, 4) is 0 Å². The Labute approximate surface area is 80.8 Å². The fraction of sp³-hybridized carbons (Fsp3) is 0.200. The summed E-state index contributed by atoms with van der Waals surface area (Å²) in [5.74, 6) is 0. The molecule has 1 aromatic carbocycles. The van der Waals surface area contributed by atoms with Gasteiger partial charge in [-0.05, 0) is 29.3 Å². The van der Waals surface area contributed by atoms with Crippen molar-refractivity contribution in [2.45, 2.75) is 12.3 Å². The van der Waals surface area contributed by atoms with Crippen LogP contribution in [0.25, 0.3) is 10.1 Å². The zero-order valence-electron chi connectivity index (χ0n) is 6.75. The molecule has 1 aromatic heterocycles. The lowest BCUT2D eigenvalue weighted by molar-refractivity contribution is 1.11. The Kier molecular flexibility index (Phi) is 2.07. The van der Waals surface area contributed by atoms with Gasteiger partial charge in [0.2, 0.25) is 0 Å². The lowest BCUT2D eigenvalue weighted by atomic mass is 10.1. The van der Waals surface area contributed by atoms with Crippen molar-refractivity contribution in [1.29, 1.82) is 0 Å². The van der Waals surface area contributed by atoms with Crippen LogP contribution in [0.4, 0.5) is 0 Å². The topological polar surface area (TPSA) is 0 Å². The number of fused-ring (bicyclic) bond motifs is 1. The van der Waals surface area contributed by atoms with Gasteiger partial charge in [-0.15, -0.1) is 22.9 Å². The van der Waals surface area contributed by atoms with Crippen molar-refractivity contribution in [2.75, 3.05) is 0 Å². The summed E-state index contributed by atoms with van der Waals surface area (Å²) in [6, 6.07) is 8.40. The Bertz CT molecular complexity index is 389. The predicted octanol–water partition coefficient (Wildman–Crippen LogP) is 4.20. The van der Waals surface area contributed by atoms with E-state index in [9.17, 15) is 0 Å². The number of thiophene rings is 1. The second kappa shape index (κ2) is 3.08. The first-order chi connectivity index (χ1) is 5.79. The number of hydrogen-bond donors (Lipinski definition) is 0. The highest BCUT2D eigenvalue weighted by molar-refractivity contribution is 7.17. The van der Waals surface area contributed by atoms with Gasteiger partial charge in [-0.3, -0.25) is 0 Å². The van der Waals surface area contributed by atoms with Crippen LogP contribution in [0, 0.1) is 0 Å². The van der Waals surface area contributed by atoms with Crippen LogP contribution >= 0.6 is 22.9 Å². The number of halogens is 1. The quantitative estimate of drug-likeness (QED) is 0.600. The lowest BCUT2D eigenvalue weighted by Gasteiger charge is -2.03. The van der Waals surface area contributed by atoms with E-state index >= 15 is 0 Å². The van der Waals surface area contributed by atoms with E-state index in [2.05, 4.69) is 29.6 Å². The van der Waals surface area contributed by atoms with Gasteiger partial charge in [-0.2, -0.15) is 0 Å². The predicted molar refractivity (Wildman–Crippen MR) is 56.1 cm³/mol. The van der Waals surface area contributed by atoms with Gasteiger partial charge in [0.05, 0.1) is 5.38 Å². The molecule has 0 amide bonds. The Morgan fingerprint density at radius 1 is 1.33 bits per heavy atom. The summed E-state index contributed by atoms with van der Waals surface area (Å²) in [7, 11) is 0. The monoisotopic (exact) mass is 196 g/mol. The molecule has 0 nitrogen and oxygen atoms in total. The van der Waals surface area contributed by atoms with Gasteiger partial charge in [0, 0.05) is 4.70 Å². The van der Waals surface area contributed by atoms with Crippen molar-refractivity contribution in [1.82, 2.24) is 0 Å². The zero-order chi connectivity index (χ0) is 8.55. The molecule has 1 unspecified atom stereocenters. The molecule has 12 heavy (non-hydrogen) atoms. The van der Waals surface area contributed by atoms with E-state index in [0.717, 1.165) is 0 Å². The van der Waals surface area contributed by atoms with E-state index in [0.29, 0.717) is 0 Å². The summed E-state index contributed by atoms with van der Waals surface area (Å²) in [6.07, 6.45) is 0. The molecular formula is C10H9ClS. The van der Waals surface area contributed by atoms with E-state index < -0.39 is 0 Å². The SMILES string of the molecule is CC(Cl)c1cccc2ccsc12. The summed E-state index contributed by atoms with van der Waals surface area (Å²) in [5.41, 5.74) is 1.24. The maximum atomic E-state index is 6.05. The summed E-state index contributed by atoms with van der Waals surface area (Å²) in [5, 5.41) is 3.50. The molecule has 2 aromatic rings. The second-order valence-corrected chi connectivity index (χ2v) is 4.37. The van der Waals surface area contributed by atoms with Gasteiger partial charge in [-0.1, -0.05) is 18.2 Å². The van der Waals surface area contributed by atoms with Gasteiger partial charge in [0.1, 0.15) is 0 Å². The molecular weight excluding hydrogens is 188 g/mol. The fourth-order valence-corrected chi connectivity index (χ4v) is 2.58. The van der Waals surface area contributed by atoms with Gasteiger partial charge in [0.15, 0.2) is 0 Å². The number of hydrogen-bond acceptors (Lipinski definition) is 1. The van der Waals surface area contributed by atoms with Crippen molar-refractivity contribution in [2.24, 2.45) is 0 Å². The van der Waals surface area contributed by atoms with Crippen LogP contribution in [-0.2, 0) is 0 Å². The summed E-state index contributed by atoms with van der Waals surface area (Å²) in [6.45, 7) is 2.01. The molecule has 2 rings (SSSR count). The third-order valence-corrected chi connectivity index (χ3v) is 3.15. The molecule has 0 saturated carbocycles. The number of rotatable bonds is 1. The van der Waals surface area contributed by atoms with Crippen molar-refractivity contribution in [3.63, 3.8) is 0 Å². The third-order valence-electron chi connectivity index (χ3n) is 1.94. The van der Waals surface area contributed by atoms with Crippen LogP contribution in [0.5, 0.6) is 0 Å². The van der Waals surface area contributed by atoms with Gasteiger partial charge < -0.3 is 0 Å². The largest absolute Gasteiger partial charge is 0.143 e. The lowest BCUT2D eigenvalue weighted by Crippen LogP contribution is -1.82. The van der Waals surface area contributed by atoms with Crippen molar-refractivity contribution >= 4 is 33.0 Å². The molecule has 0 fully saturated rings. The number of benzene rings is 1. The van der Waals surface area contributed by atoms with Crippen LogP contribution in [-0.4, -0.2) is 0 Å². The van der Waals surface area contributed by atoms with Crippen LogP contribution in [0.15, 0.2) is 29.6 Å². The second-order valence-electron chi connectivity index (χ2n) is 2.80. The molecule has 0 spiro atoms. The van der Waals surface area contributed by atoms with Crippen LogP contribution in [0.2, 0.25) is 0 Å². The first-order valence-electron chi connectivity index (χ1n) is 3.89. The van der Waals surface area contributed by atoms with E-state index in [1.54, 1.807) is 11.3 Å². The minimum absolute atomic E-state index is 0.104. The molecule has 1 heterocycles. The Balaban J connectivity index is 2.73. The molecule has 1 atom stereocenters. The van der Waals surface area contributed by atoms with Crippen molar-refractivity contribution < 1.29 is 0 Å². The minimum atomic E-state index is 0.104. The Hall–Kier alpha value is -0.530. The van der Waals surface area contributed by atoms with Gasteiger partial charge >= 0.3 is 0 Å². The zero-order valence-corrected chi connectivity index (χ0v) is 8.32. The molecule has 0 radical (unpaired) electrons. The van der Waals surface area contributed by atoms with Crippen molar-refractivity contribution in [3.05, 3.63) is 35.2 Å². The summed E-state index contributed by atoms with van der Waals surface area (Å²) in [4.78, 5) is 0. The summed E-state index contributed by atoms with van der Waals surface area (Å²) >= 11 is 7.80. The first kappa shape index (κ1) is 8.09. The first-order valence-corrected chi connectivity index (χ1v) is 5.21. The Morgan fingerprint density at radius 3 is 2.92 bits per heavy atom. The van der Waals surface area contributed by atoms with E-state index in [1.165, 1.54) is 15.6 Å². The summed E-state index contributed by atoms with van der Waals surface area (Å²) < 4.78 is 1.32. The average Bonchev–Trinajstić information content (AvgIpc) is 2.49. The average molecular weight is 197 g/mol. The molecule has 0 N–H and O–H groups in total. The molecule has 0 aliphatic heterocycles. The van der Waals surface area contributed by atoms with Gasteiger partial charge in [-0.25, -0.2) is 0 Å². The van der Waals surface area contributed by atoms with Gasteiger partial charge in [0.25, 0.3) is 0 Å². The van der Waals surface area contributed by atoms with E-state index in [1.807, 2.05) is 6.92 Å². The Morgan fingerprint density at radius 2 is 2.17 bits per heavy atom. The molecule has 62 valence electrons. The van der Waals surface area contributed by atoms with Crippen LogP contribution in [0.1, 0.15) is 17.9 Å². The fourth-order valence-electron chi connectivity index (χ4n) is 1.33. The highest BCUT2D eigenvalue weighted by Gasteiger charge is 2.06. The maximum Gasteiger partial charge on any atom is 0.0571 e. The third kappa shape index (κ3) is 1.23. The normalized spacial score (nSPS) is 13.5. The maximum absolute atomic E-state index is 6.05.